The molecule has 0 amide bonds. The van der Waals surface area contributed by atoms with Gasteiger partial charge in [-0.15, -0.1) is 0 Å². The number of nitrogens with zero attached hydrogens (tertiary/aromatic N) is 1. The van der Waals surface area contributed by atoms with E-state index in [4.69, 9.17) is 5.26 Å². The first-order valence-electron chi connectivity index (χ1n) is 5.22. The number of nitrogens with one attached hydrogen (secondary N) is 1. The zero-order chi connectivity index (χ0) is 10.7. The molecule has 1 N–H and O–H groups in total. The lowest BCUT2D eigenvalue weighted by molar-refractivity contribution is 0.603. The van der Waals surface area contributed by atoms with E-state index in [9.17, 15) is 4.39 Å². The van der Waals surface area contributed by atoms with E-state index in [1.807, 2.05) is 0 Å². The minimum Gasteiger partial charge on any atom is -0.379 e. The number of anilines is 1. The molecule has 0 saturated heterocycles. The van der Waals surface area contributed by atoms with Crippen molar-refractivity contribution in [1.82, 2.24) is 0 Å². The van der Waals surface area contributed by atoms with Crippen molar-refractivity contribution in [3.05, 3.63) is 30.1 Å². The van der Waals surface area contributed by atoms with Crippen molar-refractivity contribution in [2.75, 3.05) is 5.32 Å². The summed E-state index contributed by atoms with van der Waals surface area (Å²) >= 11 is 0. The number of benzene rings is 1. The van der Waals surface area contributed by atoms with E-state index in [1.54, 1.807) is 18.2 Å². The van der Waals surface area contributed by atoms with E-state index < -0.39 is 0 Å². The Kier molecular flexibility index (Phi) is 2.86. The SMILES string of the molecule is N#CC1CCCC1Nc1ccccc1F. The summed E-state index contributed by atoms with van der Waals surface area (Å²) in [6, 6.07) is 8.97. The van der Waals surface area contributed by atoms with Crippen LogP contribution in [0.3, 0.4) is 0 Å². The molecule has 2 atom stereocenters. The third-order valence-corrected chi connectivity index (χ3v) is 2.90. The minimum absolute atomic E-state index is 0.0182. The summed E-state index contributed by atoms with van der Waals surface area (Å²) in [6.07, 6.45) is 2.92. The van der Waals surface area contributed by atoms with E-state index in [1.165, 1.54) is 6.07 Å². The summed E-state index contributed by atoms with van der Waals surface area (Å²) < 4.78 is 13.3. The quantitative estimate of drug-likeness (QED) is 0.804. The fourth-order valence-corrected chi connectivity index (χ4v) is 2.07. The van der Waals surface area contributed by atoms with E-state index in [-0.39, 0.29) is 17.8 Å². The van der Waals surface area contributed by atoms with Crippen LogP contribution in [0.2, 0.25) is 0 Å². The second-order valence-electron chi connectivity index (χ2n) is 3.90. The molecule has 0 bridgehead atoms. The fourth-order valence-electron chi connectivity index (χ4n) is 2.07. The second kappa shape index (κ2) is 4.31. The molecular formula is C12H13FN2. The Morgan fingerprint density at radius 2 is 2.13 bits per heavy atom. The predicted octanol–water partition coefficient (Wildman–Crippen LogP) is 2.93. The van der Waals surface area contributed by atoms with Crippen LogP contribution in [0.4, 0.5) is 10.1 Å². The Labute approximate surface area is 88.7 Å². The molecule has 2 rings (SSSR count). The Morgan fingerprint density at radius 3 is 2.87 bits per heavy atom. The van der Waals surface area contributed by atoms with E-state index in [0.717, 1.165) is 19.3 Å². The maximum absolute atomic E-state index is 13.3. The molecule has 1 aromatic carbocycles. The van der Waals surface area contributed by atoms with Crippen LogP contribution in [0.1, 0.15) is 19.3 Å². The highest BCUT2D eigenvalue weighted by Crippen LogP contribution is 2.28. The van der Waals surface area contributed by atoms with Gasteiger partial charge in [0.05, 0.1) is 17.7 Å². The van der Waals surface area contributed by atoms with Gasteiger partial charge >= 0.3 is 0 Å². The van der Waals surface area contributed by atoms with Crippen LogP contribution >= 0.6 is 0 Å². The van der Waals surface area contributed by atoms with Crippen LogP contribution in [0.15, 0.2) is 24.3 Å². The van der Waals surface area contributed by atoms with Crippen LogP contribution in [0.25, 0.3) is 0 Å². The maximum atomic E-state index is 13.3. The Morgan fingerprint density at radius 1 is 1.33 bits per heavy atom. The van der Waals surface area contributed by atoms with Gasteiger partial charge in [0, 0.05) is 6.04 Å². The molecule has 2 nitrogen and oxygen atoms in total. The molecular weight excluding hydrogens is 191 g/mol. The van der Waals surface area contributed by atoms with Crippen LogP contribution in [-0.2, 0) is 0 Å². The summed E-state index contributed by atoms with van der Waals surface area (Å²) in [7, 11) is 0. The van der Waals surface area contributed by atoms with Gasteiger partial charge in [0.25, 0.3) is 0 Å². The van der Waals surface area contributed by atoms with E-state index in [0.29, 0.717) is 5.69 Å². The standard InChI is InChI=1S/C12H13FN2/c13-10-5-1-2-6-12(10)15-11-7-3-4-9(11)8-14/h1-2,5-6,9,11,15H,3-4,7H2. The van der Waals surface area contributed by atoms with Crippen LogP contribution < -0.4 is 5.32 Å². The third kappa shape index (κ3) is 2.10. The first-order chi connectivity index (χ1) is 7.31. The van der Waals surface area contributed by atoms with Gasteiger partial charge in [-0.3, -0.25) is 0 Å². The van der Waals surface area contributed by atoms with Gasteiger partial charge < -0.3 is 5.32 Å². The molecule has 0 aromatic heterocycles. The zero-order valence-electron chi connectivity index (χ0n) is 8.41. The van der Waals surface area contributed by atoms with Crippen LogP contribution in [0.5, 0.6) is 0 Å². The normalized spacial score (nSPS) is 24.8. The largest absolute Gasteiger partial charge is 0.379 e. The summed E-state index contributed by atoms with van der Waals surface area (Å²) in [5, 5.41) is 12.0. The number of halogens is 1. The maximum Gasteiger partial charge on any atom is 0.146 e. The van der Waals surface area contributed by atoms with Crippen molar-refractivity contribution in [3.63, 3.8) is 0 Å². The lowest BCUT2D eigenvalue weighted by Gasteiger charge is -2.17. The Balaban J connectivity index is 2.09. The van der Waals surface area contributed by atoms with Gasteiger partial charge in [-0.25, -0.2) is 4.39 Å². The van der Waals surface area contributed by atoms with Crippen molar-refractivity contribution in [3.8, 4) is 6.07 Å². The molecule has 3 heteroatoms. The zero-order valence-corrected chi connectivity index (χ0v) is 8.41. The molecule has 0 heterocycles. The Hall–Kier alpha value is -1.56. The van der Waals surface area contributed by atoms with Crippen molar-refractivity contribution in [2.24, 2.45) is 5.92 Å². The van der Waals surface area contributed by atoms with Crippen molar-refractivity contribution >= 4 is 5.69 Å². The highest BCUT2D eigenvalue weighted by molar-refractivity contribution is 5.45. The fraction of sp³-hybridized carbons (Fsp3) is 0.417. The van der Waals surface area contributed by atoms with E-state index >= 15 is 0 Å². The molecule has 15 heavy (non-hydrogen) atoms. The summed E-state index contributed by atoms with van der Waals surface area (Å²) in [5.41, 5.74) is 0.504. The topological polar surface area (TPSA) is 35.8 Å². The van der Waals surface area contributed by atoms with Gasteiger partial charge in [-0.1, -0.05) is 12.1 Å². The molecule has 1 saturated carbocycles. The second-order valence-corrected chi connectivity index (χ2v) is 3.90. The molecule has 1 aliphatic rings. The van der Waals surface area contributed by atoms with Crippen molar-refractivity contribution in [1.29, 1.82) is 5.26 Å². The molecule has 1 fully saturated rings. The van der Waals surface area contributed by atoms with Crippen molar-refractivity contribution < 1.29 is 4.39 Å². The lowest BCUT2D eigenvalue weighted by atomic mass is 10.1. The molecule has 0 aliphatic heterocycles. The van der Waals surface area contributed by atoms with E-state index in [2.05, 4.69) is 11.4 Å². The molecule has 1 aromatic rings. The molecule has 1 aliphatic carbocycles. The van der Waals surface area contributed by atoms with Gasteiger partial charge in [0.1, 0.15) is 5.82 Å². The highest BCUT2D eigenvalue weighted by atomic mass is 19.1. The number of para-hydroxylation sites is 1. The molecule has 0 spiro atoms. The summed E-state index contributed by atoms with van der Waals surface area (Å²) in [5.74, 6) is -0.231. The van der Waals surface area contributed by atoms with Gasteiger partial charge in [0.15, 0.2) is 0 Å². The average molecular weight is 204 g/mol. The Bertz CT molecular complexity index is 383. The van der Waals surface area contributed by atoms with Crippen LogP contribution in [0, 0.1) is 23.1 Å². The lowest BCUT2D eigenvalue weighted by Crippen LogP contribution is -2.23. The van der Waals surface area contributed by atoms with Crippen molar-refractivity contribution in [2.45, 2.75) is 25.3 Å². The molecule has 78 valence electrons. The number of hydrogen-bond donors (Lipinski definition) is 1. The smallest absolute Gasteiger partial charge is 0.146 e. The third-order valence-electron chi connectivity index (χ3n) is 2.90. The molecule has 2 unspecified atom stereocenters. The number of nitriles is 1. The number of rotatable bonds is 2. The monoisotopic (exact) mass is 204 g/mol. The predicted molar refractivity (Wildman–Crippen MR) is 56.8 cm³/mol. The first-order valence-corrected chi connectivity index (χ1v) is 5.22. The number of hydrogen-bond acceptors (Lipinski definition) is 2. The van der Waals surface area contributed by atoms with Gasteiger partial charge in [-0.2, -0.15) is 5.26 Å². The average Bonchev–Trinajstić information content (AvgIpc) is 2.69. The molecule has 0 radical (unpaired) electrons. The van der Waals surface area contributed by atoms with Gasteiger partial charge in [-0.05, 0) is 31.4 Å². The summed E-state index contributed by atoms with van der Waals surface area (Å²) in [6.45, 7) is 0. The van der Waals surface area contributed by atoms with Gasteiger partial charge in [0.2, 0.25) is 0 Å². The minimum atomic E-state index is -0.249. The van der Waals surface area contributed by atoms with Crippen LogP contribution in [-0.4, -0.2) is 6.04 Å². The summed E-state index contributed by atoms with van der Waals surface area (Å²) in [4.78, 5) is 0. The highest BCUT2D eigenvalue weighted by Gasteiger charge is 2.27. The first kappa shape index (κ1) is 9.97.